The van der Waals surface area contributed by atoms with Crippen molar-refractivity contribution in [2.24, 2.45) is 0 Å². The standard InChI is InChI=1S/C36H39Cl2N3O6S/c1-4-5-21-39-36(43)32(22-26-11-7-6-8-12-26)40(24-27-13-9-10-14-31(27)38)35(42)25-41(29-17-15-28(37)16-18-29)48(44,45)30-19-20-33(46-2)34(23-30)47-3/h6-20,23,32H,4-5,21-22,24-25H2,1-3H3,(H,39,43)/t32-/m0/s1. The zero-order chi connectivity index (χ0) is 34.7. The molecule has 2 amide bonds. The van der Waals surface area contributed by atoms with Crippen molar-refractivity contribution < 1.29 is 27.5 Å². The number of nitrogens with zero attached hydrogens (tertiary/aromatic N) is 2. The fourth-order valence-electron chi connectivity index (χ4n) is 5.11. The van der Waals surface area contributed by atoms with E-state index in [1.165, 1.54) is 49.5 Å². The second-order valence-electron chi connectivity index (χ2n) is 11.0. The van der Waals surface area contributed by atoms with E-state index < -0.39 is 28.5 Å². The lowest BCUT2D eigenvalue weighted by Gasteiger charge is -2.34. The van der Waals surface area contributed by atoms with Crippen LogP contribution in [0, 0.1) is 0 Å². The zero-order valence-corrected chi connectivity index (χ0v) is 29.4. The smallest absolute Gasteiger partial charge is 0.264 e. The highest BCUT2D eigenvalue weighted by Gasteiger charge is 2.35. The second kappa shape index (κ2) is 17.2. The van der Waals surface area contributed by atoms with Crippen LogP contribution in [0.5, 0.6) is 11.5 Å². The van der Waals surface area contributed by atoms with Gasteiger partial charge in [-0.15, -0.1) is 0 Å². The number of hydrogen-bond acceptors (Lipinski definition) is 6. The summed E-state index contributed by atoms with van der Waals surface area (Å²) in [6.07, 6.45) is 1.82. The van der Waals surface area contributed by atoms with Gasteiger partial charge >= 0.3 is 0 Å². The van der Waals surface area contributed by atoms with Gasteiger partial charge in [-0.3, -0.25) is 13.9 Å². The number of rotatable bonds is 16. The highest BCUT2D eigenvalue weighted by Crippen LogP contribution is 2.33. The fraction of sp³-hybridized carbons (Fsp3) is 0.278. The lowest BCUT2D eigenvalue weighted by Crippen LogP contribution is -2.53. The van der Waals surface area contributed by atoms with Crippen LogP contribution in [0.4, 0.5) is 5.69 Å². The molecule has 9 nitrogen and oxygen atoms in total. The molecule has 0 heterocycles. The molecular formula is C36H39Cl2N3O6S. The highest BCUT2D eigenvalue weighted by molar-refractivity contribution is 7.92. The van der Waals surface area contributed by atoms with E-state index in [4.69, 9.17) is 32.7 Å². The SMILES string of the molecule is CCCCNC(=O)[C@H](Cc1ccccc1)N(Cc1ccccc1Cl)C(=O)CN(c1ccc(Cl)cc1)S(=O)(=O)c1ccc(OC)c(OC)c1. The molecular weight excluding hydrogens is 673 g/mol. The number of ether oxygens (including phenoxy) is 2. The third kappa shape index (κ3) is 9.21. The molecule has 0 aliphatic heterocycles. The van der Waals surface area contributed by atoms with E-state index in [0.29, 0.717) is 27.9 Å². The van der Waals surface area contributed by atoms with Gasteiger partial charge in [0, 0.05) is 35.6 Å². The quantitative estimate of drug-likeness (QED) is 0.129. The third-order valence-electron chi connectivity index (χ3n) is 7.74. The van der Waals surface area contributed by atoms with E-state index in [9.17, 15) is 18.0 Å². The summed E-state index contributed by atoms with van der Waals surface area (Å²) >= 11 is 12.7. The molecule has 0 aromatic heterocycles. The van der Waals surface area contributed by atoms with Crippen molar-refractivity contribution in [2.45, 2.75) is 43.7 Å². The maximum absolute atomic E-state index is 14.6. The molecule has 0 aliphatic carbocycles. The van der Waals surface area contributed by atoms with Crippen molar-refractivity contribution in [3.63, 3.8) is 0 Å². The van der Waals surface area contributed by atoms with Gasteiger partial charge in [-0.05, 0) is 60.0 Å². The average molecular weight is 713 g/mol. The van der Waals surface area contributed by atoms with Crippen LogP contribution in [0.1, 0.15) is 30.9 Å². The molecule has 4 aromatic rings. The van der Waals surface area contributed by atoms with Crippen molar-refractivity contribution in [2.75, 3.05) is 31.6 Å². The number of methoxy groups -OCH3 is 2. The molecule has 0 fully saturated rings. The maximum atomic E-state index is 14.6. The first-order valence-electron chi connectivity index (χ1n) is 15.4. The minimum absolute atomic E-state index is 0.0396. The van der Waals surface area contributed by atoms with Gasteiger partial charge in [-0.25, -0.2) is 8.42 Å². The van der Waals surface area contributed by atoms with Crippen LogP contribution >= 0.6 is 23.2 Å². The van der Waals surface area contributed by atoms with Gasteiger partial charge in [-0.2, -0.15) is 0 Å². The summed E-state index contributed by atoms with van der Waals surface area (Å²) in [5.41, 5.74) is 1.64. The molecule has 0 radical (unpaired) electrons. The second-order valence-corrected chi connectivity index (χ2v) is 13.7. The summed E-state index contributed by atoms with van der Waals surface area (Å²) in [4.78, 5) is 29.8. The summed E-state index contributed by atoms with van der Waals surface area (Å²) in [6.45, 7) is 1.78. The Bertz CT molecular complexity index is 1790. The number of carbonyl (C=O) groups excluding carboxylic acids is 2. The number of halogens is 2. The maximum Gasteiger partial charge on any atom is 0.264 e. The average Bonchev–Trinajstić information content (AvgIpc) is 3.09. The summed E-state index contributed by atoms with van der Waals surface area (Å²) in [7, 11) is -1.53. The van der Waals surface area contributed by atoms with E-state index in [1.54, 1.807) is 36.4 Å². The largest absolute Gasteiger partial charge is 0.493 e. The summed E-state index contributed by atoms with van der Waals surface area (Å²) in [5.74, 6) is -0.420. The topological polar surface area (TPSA) is 105 Å². The molecule has 12 heteroatoms. The first-order chi connectivity index (χ1) is 23.1. The van der Waals surface area contributed by atoms with Crippen molar-refractivity contribution in [3.05, 3.63) is 118 Å². The van der Waals surface area contributed by atoms with Gasteiger partial charge in [0.1, 0.15) is 12.6 Å². The Hall–Kier alpha value is -4.25. The molecule has 0 aliphatic rings. The van der Waals surface area contributed by atoms with Crippen molar-refractivity contribution >= 4 is 50.7 Å². The zero-order valence-electron chi connectivity index (χ0n) is 27.1. The van der Waals surface area contributed by atoms with E-state index in [-0.39, 0.29) is 35.2 Å². The molecule has 0 unspecified atom stereocenters. The number of hydrogen-bond donors (Lipinski definition) is 1. The molecule has 48 heavy (non-hydrogen) atoms. The molecule has 0 saturated heterocycles. The first-order valence-corrected chi connectivity index (χ1v) is 17.6. The lowest BCUT2D eigenvalue weighted by molar-refractivity contribution is -0.140. The van der Waals surface area contributed by atoms with E-state index in [0.717, 1.165) is 22.7 Å². The van der Waals surface area contributed by atoms with Crippen LogP contribution in [-0.2, 0) is 32.6 Å². The highest BCUT2D eigenvalue weighted by atomic mass is 35.5. The Kier molecular flexibility index (Phi) is 13.1. The lowest BCUT2D eigenvalue weighted by atomic mass is 10.0. The number of amides is 2. The Morgan fingerprint density at radius 3 is 2.17 bits per heavy atom. The Balaban J connectivity index is 1.82. The predicted molar refractivity (Wildman–Crippen MR) is 189 cm³/mol. The van der Waals surface area contributed by atoms with Crippen LogP contribution in [0.3, 0.4) is 0 Å². The molecule has 254 valence electrons. The minimum atomic E-state index is -4.38. The Morgan fingerprint density at radius 1 is 0.854 bits per heavy atom. The van der Waals surface area contributed by atoms with Gasteiger partial charge < -0.3 is 19.7 Å². The number of unbranched alkanes of at least 4 members (excludes halogenated alkanes) is 1. The fourth-order valence-corrected chi connectivity index (χ4v) is 6.86. The summed E-state index contributed by atoms with van der Waals surface area (Å²) in [5, 5.41) is 3.77. The number of sulfonamides is 1. The summed E-state index contributed by atoms with van der Waals surface area (Å²) < 4.78 is 40.4. The van der Waals surface area contributed by atoms with Gasteiger partial charge in [0.15, 0.2) is 11.5 Å². The van der Waals surface area contributed by atoms with E-state index >= 15 is 0 Å². The number of benzene rings is 4. The first kappa shape index (κ1) is 36.6. The number of carbonyl (C=O) groups is 2. The van der Waals surface area contributed by atoms with E-state index in [1.807, 2.05) is 37.3 Å². The van der Waals surface area contributed by atoms with Crippen LogP contribution in [-0.4, -0.2) is 58.5 Å². The van der Waals surface area contributed by atoms with Crippen LogP contribution in [0.25, 0.3) is 0 Å². The van der Waals surface area contributed by atoms with Crippen LogP contribution < -0.4 is 19.1 Å². The van der Waals surface area contributed by atoms with Crippen molar-refractivity contribution in [1.82, 2.24) is 10.2 Å². The Labute approximate surface area is 292 Å². The molecule has 0 spiro atoms. The monoisotopic (exact) mass is 711 g/mol. The third-order valence-corrected chi connectivity index (χ3v) is 10.1. The normalized spacial score (nSPS) is 11.8. The minimum Gasteiger partial charge on any atom is -0.493 e. The van der Waals surface area contributed by atoms with Crippen molar-refractivity contribution in [3.8, 4) is 11.5 Å². The van der Waals surface area contributed by atoms with Gasteiger partial charge in [0.25, 0.3) is 10.0 Å². The van der Waals surface area contributed by atoms with Gasteiger partial charge in [0.2, 0.25) is 11.8 Å². The molecule has 0 saturated carbocycles. The molecule has 4 aromatic carbocycles. The van der Waals surface area contributed by atoms with Gasteiger partial charge in [0.05, 0.1) is 24.8 Å². The number of nitrogens with one attached hydrogen (secondary N) is 1. The molecule has 0 bridgehead atoms. The van der Waals surface area contributed by atoms with Crippen LogP contribution in [0.2, 0.25) is 10.0 Å². The van der Waals surface area contributed by atoms with Crippen molar-refractivity contribution in [1.29, 1.82) is 0 Å². The van der Waals surface area contributed by atoms with Crippen LogP contribution in [0.15, 0.2) is 102 Å². The molecule has 4 rings (SSSR count). The predicted octanol–water partition coefficient (Wildman–Crippen LogP) is 6.76. The van der Waals surface area contributed by atoms with E-state index in [2.05, 4.69) is 5.32 Å². The molecule has 1 N–H and O–H groups in total. The number of anilines is 1. The molecule has 1 atom stereocenters. The summed E-state index contributed by atoms with van der Waals surface area (Å²) in [6, 6.07) is 25.7. The Morgan fingerprint density at radius 2 is 1.52 bits per heavy atom. The van der Waals surface area contributed by atoms with Gasteiger partial charge in [-0.1, -0.05) is 85.1 Å².